The van der Waals surface area contributed by atoms with Gasteiger partial charge in [0.2, 0.25) is 0 Å². The minimum Gasteiger partial charge on any atom is -0.308 e. The molecule has 0 bridgehead atoms. The van der Waals surface area contributed by atoms with Gasteiger partial charge in [0.15, 0.2) is 5.01 Å². The number of nitrogens with zero attached hydrogens (tertiary/aromatic N) is 2. The topological polar surface area (TPSA) is 37.8 Å². The van der Waals surface area contributed by atoms with Crippen LogP contribution in [0.4, 0.5) is 4.39 Å². The molecule has 2 rings (SSSR count). The summed E-state index contributed by atoms with van der Waals surface area (Å²) in [5, 5.41) is 12.9. The largest absolute Gasteiger partial charge is 0.308 e. The van der Waals surface area contributed by atoms with Crippen LogP contribution < -0.4 is 5.32 Å². The molecule has 0 aliphatic rings. The molecule has 0 amide bonds. The first kappa shape index (κ1) is 13.6. The fourth-order valence-electron chi connectivity index (χ4n) is 1.61. The predicted octanol–water partition coefficient (Wildman–Crippen LogP) is 3.78. The normalized spacial score (nSPS) is 12.7. The minimum atomic E-state index is -0.289. The molecule has 1 heterocycles. The molecule has 0 saturated carbocycles. The highest BCUT2D eigenvalue weighted by molar-refractivity contribution is 9.10. The summed E-state index contributed by atoms with van der Waals surface area (Å²) in [4.78, 5) is 0. The van der Waals surface area contributed by atoms with Gasteiger partial charge in [-0.3, -0.25) is 0 Å². The average molecular weight is 330 g/mol. The number of hydrogen-bond acceptors (Lipinski definition) is 4. The first-order valence-corrected chi connectivity index (χ1v) is 7.25. The van der Waals surface area contributed by atoms with Crippen molar-refractivity contribution in [1.82, 2.24) is 15.5 Å². The Hall–Kier alpha value is -0.850. The van der Waals surface area contributed by atoms with Crippen molar-refractivity contribution in [3.8, 4) is 10.6 Å². The molecular weight excluding hydrogens is 317 g/mol. The zero-order valence-electron chi connectivity index (χ0n) is 10.1. The highest BCUT2D eigenvalue weighted by Gasteiger charge is 2.16. The van der Waals surface area contributed by atoms with Crippen molar-refractivity contribution in [2.45, 2.75) is 19.9 Å². The zero-order valence-corrected chi connectivity index (χ0v) is 12.5. The average Bonchev–Trinajstić information content (AvgIpc) is 2.78. The summed E-state index contributed by atoms with van der Waals surface area (Å²) in [6, 6.07) is 5.01. The fraction of sp³-hybridized carbons (Fsp3) is 0.333. The second-order valence-corrected chi connectivity index (χ2v) is 5.68. The Morgan fingerprint density at radius 2 is 2.22 bits per heavy atom. The summed E-state index contributed by atoms with van der Waals surface area (Å²) >= 11 is 4.75. The van der Waals surface area contributed by atoms with Gasteiger partial charge < -0.3 is 5.32 Å². The maximum absolute atomic E-state index is 13.8. The minimum absolute atomic E-state index is 0.131. The Morgan fingerprint density at radius 1 is 1.44 bits per heavy atom. The van der Waals surface area contributed by atoms with Crippen LogP contribution in [0.25, 0.3) is 10.6 Å². The monoisotopic (exact) mass is 329 g/mol. The molecule has 18 heavy (non-hydrogen) atoms. The molecular formula is C12H13BrFN3S. The SMILES string of the molecule is CCNC(C)c1nnc(-c2c(F)cccc2Br)s1. The van der Waals surface area contributed by atoms with E-state index in [0.717, 1.165) is 11.6 Å². The summed E-state index contributed by atoms with van der Waals surface area (Å²) in [7, 11) is 0. The van der Waals surface area contributed by atoms with E-state index in [1.54, 1.807) is 12.1 Å². The van der Waals surface area contributed by atoms with Crippen LogP contribution in [-0.4, -0.2) is 16.7 Å². The Balaban J connectivity index is 2.35. The van der Waals surface area contributed by atoms with E-state index in [9.17, 15) is 4.39 Å². The first-order valence-electron chi connectivity index (χ1n) is 5.64. The molecule has 0 aliphatic carbocycles. The lowest BCUT2D eigenvalue weighted by atomic mass is 10.2. The van der Waals surface area contributed by atoms with Gasteiger partial charge in [0.25, 0.3) is 0 Å². The van der Waals surface area contributed by atoms with Gasteiger partial charge in [0.05, 0.1) is 11.6 Å². The molecule has 2 aromatic rings. The summed E-state index contributed by atoms with van der Waals surface area (Å²) in [5.74, 6) is -0.289. The summed E-state index contributed by atoms with van der Waals surface area (Å²) in [5.41, 5.74) is 0.477. The van der Waals surface area contributed by atoms with Crippen molar-refractivity contribution in [1.29, 1.82) is 0 Å². The molecule has 1 atom stereocenters. The predicted molar refractivity (Wildman–Crippen MR) is 75.1 cm³/mol. The van der Waals surface area contributed by atoms with E-state index in [1.165, 1.54) is 17.4 Å². The number of aromatic nitrogens is 2. The lowest BCUT2D eigenvalue weighted by Gasteiger charge is -2.06. The van der Waals surface area contributed by atoms with Crippen LogP contribution in [0.1, 0.15) is 24.9 Å². The smallest absolute Gasteiger partial charge is 0.151 e. The highest BCUT2D eigenvalue weighted by Crippen LogP contribution is 2.33. The molecule has 0 saturated heterocycles. The van der Waals surface area contributed by atoms with E-state index in [2.05, 4.69) is 31.4 Å². The van der Waals surface area contributed by atoms with Crippen molar-refractivity contribution in [2.75, 3.05) is 6.54 Å². The van der Waals surface area contributed by atoms with Crippen molar-refractivity contribution < 1.29 is 4.39 Å². The fourth-order valence-corrected chi connectivity index (χ4v) is 3.20. The molecule has 0 aliphatic heterocycles. The van der Waals surface area contributed by atoms with Gasteiger partial charge in [-0.2, -0.15) is 0 Å². The molecule has 6 heteroatoms. The molecule has 0 radical (unpaired) electrons. The molecule has 0 spiro atoms. The number of rotatable bonds is 4. The van der Waals surface area contributed by atoms with E-state index in [-0.39, 0.29) is 11.9 Å². The van der Waals surface area contributed by atoms with Crippen LogP contribution in [-0.2, 0) is 0 Å². The second kappa shape index (κ2) is 5.86. The molecule has 1 unspecified atom stereocenters. The summed E-state index contributed by atoms with van der Waals surface area (Å²) < 4.78 is 14.5. The van der Waals surface area contributed by atoms with Crippen LogP contribution in [0.5, 0.6) is 0 Å². The van der Waals surface area contributed by atoms with Gasteiger partial charge in [0.1, 0.15) is 10.8 Å². The Kier molecular flexibility index (Phi) is 4.42. The van der Waals surface area contributed by atoms with Crippen molar-refractivity contribution in [2.24, 2.45) is 0 Å². The molecule has 3 nitrogen and oxygen atoms in total. The van der Waals surface area contributed by atoms with E-state index < -0.39 is 0 Å². The van der Waals surface area contributed by atoms with Crippen LogP contribution >= 0.6 is 27.3 Å². The van der Waals surface area contributed by atoms with E-state index >= 15 is 0 Å². The third-order valence-electron chi connectivity index (χ3n) is 2.50. The molecule has 1 N–H and O–H groups in total. The Bertz CT molecular complexity index is 524. The standard InChI is InChI=1S/C12H13BrFN3S/c1-3-15-7(2)11-16-17-12(18-11)10-8(13)5-4-6-9(10)14/h4-7,15H,3H2,1-2H3. The van der Waals surface area contributed by atoms with Crippen LogP contribution in [0.3, 0.4) is 0 Å². The third kappa shape index (κ3) is 2.76. The number of halogens is 2. The maximum Gasteiger partial charge on any atom is 0.151 e. The number of hydrogen-bond donors (Lipinski definition) is 1. The number of benzene rings is 1. The van der Waals surface area contributed by atoms with Crippen molar-refractivity contribution in [3.05, 3.63) is 33.5 Å². The Morgan fingerprint density at radius 3 is 2.89 bits per heavy atom. The lowest BCUT2D eigenvalue weighted by Crippen LogP contribution is -2.17. The van der Waals surface area contributed by atoms with Gasteiger partial charge in [-0.1, -0.05) is 24.3 Å². The molecule has 1 aromatic carbocycles. The van der Waals surface area contributed by atoms with Gasteiger partial charge in [-0.25, -0.2) is 4.39 Å². The van der Waals surface area contributed by atoms with Crippen LogP contribution in [0, 0.1) is 5.82 Å². The zero-order chi connectivity index (χ0) is 13.1. The third-order valence-corrected chi connectivity index (χ3v) is 4.28. The Labute approximate surface area is 118 Å². The van der Waals surface area contributed by atoms with E-state index in [4.69, 9.17) is 0 Å². The van der Waals surface area contributed by atoms with E-state index in [0.29, 0.717) is 15.0 Å². The van der Waals surface area contributed by atoms with Crippen molar-refractivity contribution in [3.63, 3.8) is 0 Å². The highest BCUT2D eigenvalue weighted by atomic mass is 79.9. The van der Waals surface area contributed by atoms with Crippen LogP contribution in [0.15, 0.2) is 22.7 Å². The molecule has 96 valence electrons. The quantitative estimate of drug-likeness (QED) is 0.927. The van der Waals surface area contributed by atoms with Gasteiger partial charge in [-0.15, -0.1) is 10.2 Å². The molecule has 1 aromatic heterocycles. The first-order chi connectivity index (χ1) is 8.63. The van der Waals surface area contributed by atoms with Crippen LogP contribution in [0.2, 0.25) is 0 Å². The second-order valence-electron chi connectivity index (χ2n) is 3.82. The lowest BCUT2D eigenvalue weighted by molar-refractivity contribution is 0.590. The molecule has 0 fully saturated rings. The maximum atomic E-state index is 13.8. The number of nitrogens with one attached hydrogen (secondary N) is 1. The summed E-state index contributed by atoms with van der Waals surface area (Å²) in [6.45, 7) is 4.91. The van der Waals surface area contributed by atoms with E-state index in [1.807, 2.05) is 13.8 Å². The van der Waals surface area contributed by atoms with Gasteiger partial charge in [0, 0.05) is 4.47 Å². The van der Waals surface area contributed by atoms with Crippen molar-refractivity contribution >= 4 is 27.3 Å². The van der Waals surface area contributed by atoms with Gasteiger partial charge >= 0.3 is 0 Å². The summed E-state index contributed by atoms with van der Waals surface area (Å²) in [6.07, 6.45) is 0. The van der Waals surface area contributed by atoms with Gasteiger partial charge in [-0.05, 0) is 41.5 Å².